The molecule has 0 saturated heterocycles. The van der Waals surface area contributed by atoms with Crippen molar-refractivity contribution in [2.45, 2.75) is 47.0 Å². The molecule has 0 amide bonds. The largest absolute Gasteiger partial charge is 0.360 e. The normalized spacial score (nSPS) is 11.9. The van der Waals surface area contributed by atoms with Crippen LogP contribution >= 0.6 is 0 Å². The number of nitrogens with zero attached hydrogens (tertiary/aromatic N) is 1. The van der Waals surface area contributed by atoms with E-state index in [9.17, 15) is 4.79 Å². The van der Waals surface area contributed by atoms with E-state index >= 15 is 0 Å². The fourth-order valence-electron chi connectivity index (χ4n) is 1.87. The Hall–Kier alpha value is -2.40. The molecule has 0 atom stereocenters. The molecule has 3 N–H and O–H groups in total. The molecule has 5 nitrogen and oxygen atoms in total. The third kappa shape index (κ3) is 12.0. The smallest absolute Gasteiger partial charge is 0.165 e. The van der Waals surface area contributed by atoms with Gasteiger partial charge in [-0.2, -0.15) is 0 Å². The number of hydrogen-bond donors (Lipinski definition) is 3. The molecule has 0 aromatic heterocycles. The highest BCUT2D eigenvalue weighted by atomic mass is 16.1. The predicted molar refractivity (Wildman–Crippen MR) is 115 cm³/mol. The van der Waals surface area contributed by atoms with Gasteiger partial charge in [0.05, 0.1) is 17.7 Å². The van der Waals surface area contributed by atoms with Crippen molar-refractivity contribution < 1.29 is 4.79 Å². The predicted octanol–water partition coefficient (Wildman–Crippen LogP) is 4.20. The highest BCUT2D eigenvalue weighted by molar-refractivity contribution is 5.71. The second kappa shape index (κ2) is 17.4. The maximum Gasteiger partial charge on any atom is 0.165 e. The van der Waals surface area contributed by atoms with Crippen LogP contribution in [0.2, 0.25) is 0 Å². The summed E-state index contributed by atoms with van der Waals surface area (Å²) in [4.78, 5) is 14.0. The van der Waals surface area contributed by atoms with E-state index in [1.807, 2.05) is 20.8 Å². The van der Waals surface area contributed by atoms with Crippen molar-refractivity contribution in [2.24, 2.45) is 4.99 Å². The summed E-state index contributed by atoms with van der Waals surface area (Å²) in [5.74, 6) is 0. The fourth-order valence-corrected chi connectivity index (χ4v) is 1.87. The van der Waals surface area contributed by atoms with Gasteiger partial charge in [0.15, 0.2) is 6.29 Å². The highest BCUT2D eigenvalue weighted by Crippen LogP contribution is 2.20. The Morgan fingerprint density at radius 2 is 1.96 bits per heavy atom. The van der Waals surface area contributed by atoms with Gasteiger partial charge in [0.25, 0.3) is 0 Å². The Bertz CT molecular complexity index is 530. The first-order chi connectivity index (χ1) is 12.5. The second-order valence-corrected chi connectivity index (χ2v) is 5.33. The van der Waals surface area contributed by atoms with Gasteiger partial charge >= 0.3 is 0 Å². The Balaban J connectivity index is 0. The van der Waals surface area contributed by atoms with Crippen LogP contribution in [0.15, 0.2) is 65.7 Å². The van der Waals surface area contributed by atoms with E-state index in [4.69, 9.17) is 0 Å². The first-order valence-corrected chi connectivity index (χ1v) is 9.07. The molecule has 146 valence electrons. The van der Waals surface area contributed by atoms with Crippen LogP contribution < -0.4 is 16.0 Å². The number of hydrogen-bond acceptors (Lipinski definition) is 5. The van der Waals surface area contributed by atoms with E-state index in [0.29, 0.717) is 12.0 Å². The van der Waals surface area contributed by atoms with Crippen molar-refractivity contribution in [3.8, 4) is 0 Å². The molecule has 0 aliphatic carbocycles. The number of aldehydes is 1. The quantitative estimate of drug-likeness (QED) is 0.310. The molecule has 0 spiro atoms. The van der Waals surface area contributed by atoms with Crippen molar-refractivity contribution in [2.75, 3.05) is 13.1 Å². The van der Waals surface area contributed by atoms with Gasteiger partial charge in [0.1, 0.15) is 0 Å². The van der Waals surface area contributed by atoms with Crippen LogP contribution in [0.4, 0.5) is 0 Å². The molecule has 1 heterocycles. The van der Waals surface area contributed by atoms with Crippen molar-refractivity contribution in [3.05, 3.63) is 60.8 Å². The standard InChI is InChI=1S/C14H23N3.C5H7NO.C2H6/c1-5-6-7-8-15-9-11(2)14-12(3)13(4)16-10-17-14;1-3-6-5(2)4-7;1-2/h10,15H,2,4-9H2,1,3H3,(H,16,17);3-4,6H,1-2H2;1-2H3. The fraction of sp³-hybridized carbons (Fsp3) is 0.429. The number of rotatable bonds is 10. The molecule has 26 heavy (non-hydrogen) atoms. The summed E-state index contributed by atoms with van der Waals surface area (Å²) in [5, 5.41) is 8.89. The van der Waals surface area contributed by atoms with E-state index in [2.05, 4.69) is 54.2 Å². The maximum absolute atomic E-state index is 9.68. The molecule has 0 saturated carbocycles. The highest BCUT2D eigenvalue weighted by Gasteiger charge is 2.11. The summed E-state index contributed by atoms with van der Waals surface area (Å²) in [6.07, 6.45) is 7.45. The molecule has 5 heteroatoms. The summed E-state index contributed by atoms with van der Waals surface area (Å²) in [7, 11) is 0. The molecule has 1 aliphatic heterocycles. The van der Waals surface area contributed by atoms with Crippen LogP contribution in [0, 0.1) is 0 Å². The summed E-state index contributed by atoms with van der Waals surface area (Å²) in [5.41, 5.74) is 4.29. The van der Waals surface area contributed by atoms with E-state index < -0.39 is 0 Å². The SMILES string of the molecule is C=C(CNCCCCC)C1=C(C)C(=C)NC=N1.C=CNC(=C)C=O.CC. The molecule has 0 radical (unpaired) electrons. The number of carbonyl (C=O) groups excluding carboxylic acids is 1. The first kappa shape index (κ1) is 25.8. The molecule has 1 rings (SSSR count). The topological polar surface area (TPSA) is 65.5 Å². The Labute approximate surface area is 159 Å². The maximum atomic E-state index is 9.68. The molecule has 1 aliphatic rings. The minimum Gasteiger partial charge on any atom is -0.360 e. The van der Waals surface area contributed by atoms with Crippen LogP contribution in [-0.2, 0) is 4.79 Å². The van der Waals surface area contributed by atoms with E-state index in [-0.39, 0.29) is 0 Å². The Morgan fingerprint density at radius 1 is 1.31 bits per heavy atom. The minimum absolute atomic E-state index is 0.329. The zero-order valence-electron chi connectivity index (χ0n) is 17.0. The third-order valence-corrected chi connectivity index (χ3v) is 3.30. The molecular weight excluding hydrogens is 324 g/mol. The molecule has 0 aromatic carbocycles. The lowest BCUT2D eigenvalue weighted by Gasteiger charge is -2.17. The summed E-state index contributed by atoms with van der Waals surface area (Å²) in [6.45, 7) is 24.7. The minimum atomic E-state index is 0.329. The number of allylic oxidation sites excluding steroid dienone is 2. The summed E-state index contributed by atoms with van der Waals surface area (Å²) < 4.78 is 0. The molecule has 0 bridgehead atoms. The van der Waals surface area contributed by atoms with Crippen LogP contribution in [0.3, 0.4) is 0 Å². The van der Waals surface area contributed by atoms with Gasteiger partial charge in [-0.05, 0) is 37.2 Å². The average molecular weight is 361 g/mol. The average Bonchev–Trinajstić information content (AvgIpc) is 2.66. The lowest BCUT2D eigenvalue weighted by Crippen LogP contribution is -2.22. The summed E-state index contributed by atoms with van der Waals surface area (Å²) in [6, 6.07) is 0. The molecule has 0 fully saturated rings. The van der Waals surface area contributed by atoms with Gasteiger partial charge < -0.3 is 16.0 Å². The van der Waals surface area contributed by atoms with E-state index in [1.165, 1.54) is 25.5 Å². The van der Waals surface area contributed by atoms with Crippen molar-refractivity contribution >= 4 is 12.6 Å². The van der Waals surface area contributed by atoms with Gasteiger partial charge in [-0.3, -0.25) is 4.79 Å². The van der Waals surface area contributed by atoms with Crippen LogP contribution in [0.5, 0.6) is 0 Å². The molecular formula is C21H36N4O. The Morgan fingerprint density at radius 3 is 2.46 bits per heavy atom. The van der Waals surface area contributed by atoms with E-state index in [0.717, 1.165) is 35.6 Å². The lowest BCUT2D eigenvalue weighted by molar-refractivity contribution is -0.105. The van der Waals surface area contributed by atoms with Gasteiger partial charge in [-0.15, -0.1) is 0 Å². The van der Waals surface area contributed by atoms with Gasteiger partial charge in [0.2, 0.25) is 0 Å². The number of nitrogens with one attached hydrogen (secondary N) is 3. The number of aliphatic imine (C=N–C) groups is 1. The number of carbonyl (C=O) groups is 1. The zero-order chi connectivity index (χ0) is 20.4. The second-order valence-electron chi connectivity index (χ2n) is 5.33. The first-order valence-electron chi connectivity index (χ1n) is 9.07. The monoisotopic (exact) mass is 360 g/mol. The van der Waals surface area contributed by atoms with Gasteiger partial charge in [-0.1, -0.05) is 59.9 Å². The van der Waals surface area contributed by atoms with Crippen LogP contribution in [0.1, 0.15) is 47.0 Å². The molecule has 0 aromatic rings. The Kier molecular flexibility index (Phi) is 17.3. The van der Waals surface area contributed by atoms with Gasteiger partial charge in [0, 0.05) is 12.2 Å². The summed E-state index contributed by atoms with van der Waals surface area (Å²) >= 11 is 0. The lowest BCUT2D eigenvalue weighted by atomic mass is 10.1. The number of unbranched alkanes of at least 4 members (excludes halogenated alkanes) is 2. The van der Waals surface area contributed by atoms with E-state index in [1.54, 1.807) is 6.34 Å². The van der Waals surface area contributed by atoms with Crippen LogP contribution in [-0.4, -0.2) is 25.7 Å². The van der Waals surface area contributed by atoms with Gasteiger partial charge in [-0.25, -0.2) is 4.99 Å². The van der Waals surface area contributed by atoms with Crippen molar-refractivity contribution in [3.63, 3.8) is 0 Å². The molecule has 0 unspecified atom stereocenters. The van der Waals surface area contributed by atoms with Crippen molar-refractivity contribution in [1.82, 2.24) is 16.0 Å². The third-order valence-electron chi connectivity index (χ3n) is 3.30. The van der Waals surface area contributed by atoms with Crippen molar-refractivity contribution in [1.29, 1.82) is 0 Å². The van der Waals surface area contributed by atoms with Crippen LogP contribution in [0.25, 0.3) is 0 Å². The zero-order valence-corrected chi connectivity index (χ0v) is 17.0.